The van der Waals surface area contributed by atoms with Crippen LogP contribution in [0.3, 0.4) is 0 Å². The van der Waals surface area contributed by atoms with Crippen molar-refractivity contribution < 1.29 is 9.13 Å². The summed E-state index contributed by atoms with van der Waals surface area (Å²) < 4.78 is 19.3. The van der Waals surface area contributed by atoms with Gasteiger partial charge in [0.25, 0.3) is 0 Å². The van der Waals surface area contributed by atoms with Crippen molar-refractivity contribution in [3.63, 3.8) is 0 Å². The van der Waals surface area contributed by atoms with Crippen molar-refractivity contribution in [3.05, 3.63) is 84.3 Å². The highest BCUT2D eigenvalue weighted by molar-refractivity contribution is 5.95. The first kappa shape index (κ1) is 15.3. The molecule has 0 N–H and O–H groups in total. The van der Waals surface area contributed by atoms with E-state index in [4.69, 9.17) is 4.74 Å². The second kappa shape index (κ2) is 6.32. The molecule has 3 aromatic carbocycles. The molecule has 0 saturated carbocycles. The van der Waals surface area contributed by atoms with Gasteiger partial charge in [-0.25, -0.2) is 4.39 Å². The Morgan fingerprint density at radius 1 is 0.880 bits per heavy atom. The van der Waals surface area contributed by atoms with E-state index >= 15 is 0 Å². The van der Waals surface area contributed by atoms with E-state index < -0.39 is 0 Å². The Bertz CT molecular complexity index is 1050. The Morgan fingerprint density at radius 2 is 1.72 bits per heavy atom. The molecule has 0 bridgehead atoms. The molecule has 0 radical (unpaired) electrons. The normalized spacial score (nSPS) is 10.8. The van der Waals surface area contributed by atoms with Crippen LogP contribution in [0.5, 0.6) is 11.5 Å². The van der Waals surface area contributed by atoms with Crippen LogP contribution in [0.25, 0.3) is 22.0 Å². The topological polar surface area (TPSA) is 35.0 Å². The number of benzene rings is 3. The first-order chi connectivity index (χ1) is 12.2. The first-order valence-electron chi connectivity index (χ1n) is 7.95. The highest BCUT2D eigenvalue weighted by atomic mass is 19.1. The fraction of sp³-hybridized carbons (Fsp3) is 0.0476. The minimum atomic E-state index is -0.256. The summed E-state index contributed by atoms with van der Waals surface area (Å²) in [5.74, 6) is 1.25. The molecule has 1 aromatic heterocycles. The van der Waals surface area contributed by atoms with Gasteiger partial charge in [-0.2, -0.15) is 5.10 Å². The van der Waals surface area contributed by atoms with Crippen LogP contribution in [-0.2, 0) is 0 Å². The van der Waals surface area contributed by atoms with Gasteiger partial charge in [-0.1, -0.05) is 18.2 Å². The molecule has 4 aromatic rings. The number of para-hydroxylation sites is 1. The molecule has 0 aliphatic rings. The molecule has 122 valence electrons. The summed E-state index contributed by atoms with van der Waals surface area (Å²) in [5.41, 5.74) is 2.43. The average Bonchev–Trinajstić information content (AvgIpc) is 2.62. The number of aryl methyl sites for hydroxylation is 1. The molecule has 25 heavy (non-hydrogen) atoms. The van der Waals surface area contributed by atoms with Crippen LogP contribution in [-0.4, -0.2) is 10.2 Å². The molecule has 0 atom stereocenters. The van der Waals surface area contributed by atoms with Crippen molar-refractivity contribution >= 4 is 10.8 Å². The molecule has 0 unspecified atom stereocenters. The number of rotatable bonds is 3. The lowest BCUT2D eigenvalue weighted by atomic mass is 10.0. The zero-order chi connectivity index (χ0) is 17.2. The van der Waals surface area contributed by atoms with Gasteiger partial charge in [0.15, 0.2) is 0 Å². The van der Waals surface area contributed by atoms with Crippen LogP contribution in [0, 0.1) is 12.7 Å². The summed E-state index contributed by atoms with van der Waals surface area (Å²) in [6.07, 6.45) is 1.70. The van der Waals surface area contributed by atoms with E-state index in [1.165, 1.54) is 12.1 Å². The second-order valence-electron chi connectivity index (χ2n) is 5.82. The van der Waals surface area contributed by atoms with Gasteiger partial charge >= 0.3 is 0 Å². The molecule has 3 nitrogen and oxygen atoms in total. The Kier molecular flexibility index (Phi) is 3.86. The van der Waals surface area contributed by atoms with Crippen LogP contribution in [0.1, 0.15) is 5.56 Å². The minimum Gasteiger partial charge on any atom is -0.457 e. The van der Waals surface area contributed by atoms with Crippen molar-refractivity contribution in [2.45, 2.75) is 6.92 Å². The van der Waals surface area contributed by atoms with Crippen LogP contribution in [0.2, 0.25) is 0 Å². The predicted molar refractivity (Wildman–Crippen MR) is 96.2 cm³/mol. The van der Waals surface area contributed by atoms with Crippen LogP contribution >= 0.6 is 0 Å². The summed E-state index contributed by atoms with van der Waals surface area (Å²) in [4.78, 5) is 0. The van der Waals surface area contributed by atoms with Crippen molar-refractivity contribution in [1.82, 2.24) is 10.2 Å². The number of nitrogens with zero attached hydrogens (tertiary/aromatic N) is 2. The Labute approximate surface area is 144 Å². The third-order valence-electron chi connectivity index (χ3n) is 4.06. The first-order valence-corrected chi connectivity index (χ1v) is 7.95. The van der Waals surface area contributed by atoms with Gasteiger partial charge in [0.05, 0.1) is 6.20 Å². The summed E-state index contributed by atoms with van der Waals surface area (Å²) in [7, 11) is 0. The zero-order valence-corrected chi connectivity index (χ0v) is 13.6. The van der Waals surface area contributed by atoms with Crippen LogP contribution in [0.4, 0.5) is 4.39 Å². The number of hydrogen-bond acceptors (Lipinski definition) is 3. The van der Waals surface area contributed by atoms with Crippen LogP contribution < -0.4 is 4.74 Å². The lowest BCUT2D eigenvalue weighted by Crippen LogP contribution is -1.93. The van der Waals surface area contributed by atoms with E-state index in [2.05, 4.69) is 10.2 Å². The molecule has 4 heteroatoms. The highest BCUT2D eigenvalue weighted by Crippen LogP contribution is 2.31. The molecule has 0 fully saturated rings. The molecule has 0 aliphatic heterocycles. The molecular formula is C21H15FN2O. The van der Waals surface area contributed by atoms with Gasteiger partial charge in [0, 0.05) is 16.3 Å². The van der Waals surface area contributed by atoms with E-state index in [9.17, 15) is 4.39 Å². The Hall–Kier alpha value is -3.27. The Balaban J connectivity index is 1.78. The van der Waals surface area contributed by atoms with Gasteiger partial charge in [0.1, 0.15) is 23.0 Å². The molecular weight excluding hydrogens is 315 g/mol. The molecule has 1 heterocycles. The second-order valence-corrected chi connectivity index (χ2v) is 5.82. The van der Waals surface area contributed by atoms with Crippen LogP contribution in [0.15, 0.2) is 72.9 Å². The van der Waals surface area contributed by atoms with Gasteiger partial charge < -0.3 is 4.74 Å². The van der Waals surface area contributed by atoms with E-state index in [1.807, 2.05) is 55.5 Å². The maximum atomic E-state index is 13.4. The van der Waals surface area contributed by atoms with Crippen molar-refractivity contribution in [2.24, 2.45) is 0 Å². The maximum absolute atomic E-state index is 13.4. The molecule has 0 aliphatic carbocycles. The fourth-order valence-corrected chi connectivity index (χ4v) is 2.85. The number of fused-ring (bicyclic) bond motifs is 1. The van der Waals surface area contributed by atoms with Gasteiger partial charge in [-0.05, 0) is 61.0 Å². The summed E-state index contributed by atoms with van der Waals surface area (Å²) in [6, 6.07) is 20.1. The quantitative estimate of drug-likeness (QED) is 0.495. The predicted octanol–water partition coefficient (Wildman–Crippen LogP) is 5.54. The zero-order valence-electron chi connectivity index (χ0n) is 13.6. The van der Waals surface area contributed by atoms with Gasteiger partial charge in [-0.3, -0.25) is 0 Å². The SMILES string of the molecule is Cc1cc(F)ccc1-c1nncc2cc(Oc3ccccc3)ccc12. The Morgan fingerprint density at radius 3 is 2.52 bits per heavy atom. The lowest BCUT2D eigenvalue weighted by molar-refractivity contribution is 0.483. The van der Waals surface area contributed by atoms with Gasteiger partial charge in [-0.15, -0.1) is 5.10 Å². The third kappa shape index (κ3) is 3.06. The van der Waals surface area contributed by atoms with Gasteiger partial charge in [0.2, 0.25) is 0 Å². The van der Waals surface area contributed by atoms with Crippen molar-refractivity contribution in [1.29, 1.82) is 0 Å². The minimum absolute atomic E-state index is 0.256. The molecule has 0 amide bonds. The molecule has 4 rings (SSSR count). The number of hydrogen-bond donors (Lipinski definition) is 0. The number of halogens is 1. The molecule has 0 spiro atoms. The van der Waals surface area contributed by atoms with Crippen molar-refractivity contribution in [2.75, 3.05) is 0 Å². The lowest BCUT2D eigenvalue weighted by Gasteiger charge is -2.10. The van der Waals surface area contributed by atoms with E-state index in [0.717, 1.165) is 39.1 Å². The third-order valence-corrected chi connectivity index (χ3v) is 4.06. The molecule has 0 saturated heterocycles. The van der Waals surface area contributed by atoms with Crippen molar-refractivity contribution in [3.8, 4) is 22.8 Å². The maximum Gasteiger partial charge on any atom is 0.128 e. The summed E-state index contributed by atoms with van der Waals surface area (Å²) in [6.45, 7) is 1.87. The standard InChI is InChI=1S/C21H15FN2O/c1-14-11-16(22)7-9-19(14)21-20-10-8-18(12-15(20)13-23-24-21)25-17-5-3-2-4-6-17/h2-13H,1H3. The van der Waals surface area contributed by atoms with E-state index in [0.29, 0.717) is 0 Å². The monoisotopic (exact) mass is 330 g/mol. The number of aromatic nitrogens is 2. The highest BCUT2D eigenvalue weighted by Gasteiger charge is 2.10. The summed E-state index contributed by atoms with van der Waals surface area (Å²) in [5, 5.41) is 10.2. The number of ether oxygens (including phenoxy) is 1. The van der Waals surface area contributed by atoms with E-state index in [-0.39, 0.29) is 5.82 Å². The summed E-state index contributed by atoms with van der Waals surface area (Å²) >= 11 is 0. The fourth-order valence-electron chi connectivity index (χ4n) is 2.85. The van der Waals surface area contributed by atoms with E-state index in [1.54, 1.807) is 12.3 Å². The smallest absolute Gasteiger partial charge is 0.128 e. The average molecular weight is 330 g/mol. The largest absolute Gasteiger partial charge is 0.457 e.